The summed E-state index contributed by atoms with van der Waals surface area (Å²) < 4.78 is 0. The first kappa shape index (κ1) is 13.8. The minimum atomic E-state index is 0.0653. The zero-order valence-corrected chi connectivity index (χ0v) is 12.2. The third-order valence-electron chi connectivity index (χ3n) is 3.18. The molecule has 100 valence electrons. The molecule has 1 aromatic heterocycles. The molecule has 1 unspecified atom stereocenters. The van der Waals surface area contributed by atoms with Crippen LogP contribution in [0, 0.1) is 6.92 Å². The van der Waals surface area contributed by atoms with Gasteiger partial charge in [-0.05, 0) is 48.2 Å². The minimum absolute atomic E-state index is 0.0653. The topological polar surface area (TPSA) is 29.1 Å². The highest BCUT2D eigenvalue weighted by molar-refractivity contribution is 7.07. The molecular formula is C16H19NOS. The maximum Gasteiger partial charge on any atom is 0.220 e. The Balaban J connectivity index is 1.83. The van der Waals surface area contributed by atoms with E-state index in [2.05, 4.69) is 48.0 Å². The van der Waals surface area contributed by atoms with Gasteiger partial charge in [0.1, 0.15) is 0 Å². The Morgan fingerprint density at radius 3 is 2.63 bits per heavy atom. The monoisotopic (exact) mass is 273 g/mol. The van der Waals surface area contributed by atoms with Gasteiger partial charge in [-0.1, -0.05) is 29.8 Å². The van der Waals surface area contributed by atoms with Crippen molar-refractivity contribution in [2.45, 2.75) is 32.7 Å². The lowest BCUT2D eigenvalue weighted by Crippen LogP contribution is -2.26. The second-order valence-electron chi connectivity index (χ2n) is 4.83. The van der Waals surface area contributed by atoms with Crippen molar-refractivity contribution in [3.05, 3.63) is 57.8 Å². The van der Waals surface area contributed by atoms with Crippen molar-refractivity contribution >= 4 is 17.2 Å². The number of thiophene rings is 1. The van der Waals surface area contributed by atoms with E-state index >= 15 is 0 Å². The van der Waals surface area contributed by atoms with Crippen LogP contribution < -0.4 is 5.32 Å². The van der Waals surface area contributed by atoms with E-state index in [1.807, 2.05) is 12.3 Å². The van der Waals surface area contributed by atoms with E-state index in [9.17, 15) is 4.79 Å². The third-order valence-corrected chi connectivity index (χ3v) is 3.91. The predicted octanol–water partition coefficient (Wildman–Crippen LogP) is 3.87. The summed E-state index contributed by atoms with van der Waals surface area (Å²) in [7, 11) is 0. The number of amides is 1. The summed E-state index contributed by atoms with van der Waals surface area (Å²) in [5.41, 5.74) is 3.62. The van der Waals surface area contributed by atoms with Crippen LogP contribution in [0.3, 0.4) is 0 Å². The molecule has 0 fully saturated rings. The third kappa shape index (κ3) is 4.21. The largest absolute Gasteiger partial charge is 0.350 e. The van der Waals surface area contributed by atoms with Crippen molar-refractivity contribution in [3.8, 4) is 0 Å². The Kier molecular flexibility index (Phi) is 4.74. The number of carbonyl (C=O) groups excluding carboxylic acids is 1. The Morgan fingerprint density at radius 2 is 2.00 bits per heavy atom. The average Bonchev–Trinajstić information content (AvgIpc) is 2.90. The van der Waals surface area contributed by atoms with Crippen LogP contribution in [0.1, 0.15) is 36.1 Å². The number of carbonyl (C=O) groups is 1. The van der Waals surface area contributed by atoms with Crippen LogP contribution >= 0.6 is 11.3 Å². The molecule has 2 aromatic rings. The summed E-state index contributed by atoms with van der Waals surface area (Å²) in [5.74, 6) is 0.110. The van der Waals surface area contributed by atoms with E-state index < -0.39 is 0 Å². The van der Waals surface area contributed by atoms with E-state index in [-0.39, 0.29) is 11.9 Å². The zero-order valence-electron chi connectivity index (χ0n) is 11.3. The fourth-order valence-corrected chi connectivity index (χ4v) is 2.65. The average molecular weight is 273 g/mol. The van der Waals surface area contributed by atoms with Gasteiger partial charge < -0.3 is 5.32 Å². The standard InChI is InChI=1S/C16H19NOS/c1-12-3-6-15(7-4-12)13(2)17-16(18)8-5-14-9-10-19-11-14/h3-4,6-7,9-11,13H,5,8H2,1-2H3,(H,17,18). The summed E-state index contributed by atoms with van der Waals surface area (Å²) in [6, 6.07) is 10.4. The number of benzene rings is 1. The number of aryl methyl sites for hydroxylation is 2. The van der Waals surface area contributed by atoms with Gasteiger partial charge in [-0.2, -0.15) is 11.3 Å². The van der Waals surface area contributed by atoms with Gasteiger partial charge in [-0.25, -0.2) is 0 Å². The first-order valence-corrected chi connectivity index (χ1v) is 7.46. The van der Waals surface area contributed by atoms with Gasteiger partial charge in [0.15, 0.2) is 0 Å². The molecule has 0 aliphatic heterocycles. The summed E-state index contributed by atoms with van der Waals surface area (Å²) >= 11 is 1.67. The minimum Gasteiger partial charge on any atom is -0.350 e. The van der Waals surface area contributed by atoms with Gasteiger partial charge in [0.2, 0.25) is 5.91 Å². The Bertz CT molecular complexity index is 516. The van der Waals surface area contributed by atoms with E-state index in [1.165, 1.54) is 11.1 Å². The summed E-state index contributed by atoms with van der Waals surface area (Å²) in [6.07, 6.45) is 1.36. The number of hydrogen-bond acceptors (Lipinski definition) is 2. The van der Waals surface area contributed by atoms with E-state index in [1.54, 1.807) is 11.3 Å². The molecule has 19 heavy (non-hydrogen) atoms. The van der Waals surface area contributed by atoms with Crippen molar-refractivity contribution in [2.24, 2.45) is 0 Å². The number of hydrogen-bond donors (Lipinski definition) is 1. The quantitative estimate of drug-likeness (QED) is 0.880. The molecular weight excluding hydrogens is 254 g/mol. The molecule has 1 heterocycles. The maximum absolute atomic E-state index is 11.9. The number of rotatable bonds is 5. The number of nitrogens with one attached hydrogen (secondary N) is 1. The van der Waals surface area contributed by atoms with E-state index in [0.717, 1.165) is 12.0 Å². The maximum atomic E-state index is 11.9. The molecule has 1 aromatic carbocycles. The highest BCUT2D eigenvalue weighted by Crippen LogP contribution is 2.14. The second kappa shape index (κ2) is 6.53. The molecule has 1 N–H and O–H groups in total. The lowest BCUT2D eigenvalue weighted by molar-refractivity contribution is -0.121. The first-order valence-electron chi connectivity index (χ1n) is 6.52. The van der Waals surface area contributed by atoms with E-state index in [4.69, 9.17) is 0 Å². The van der Waals surface area contributed by atoms with Crippen molar-refractivity contribution in [1.82, 2.24) is 5.32 Å². The Morgan fingerprint density at radius 1 is 1.26 bits per heavy atom. The lowest BCUT2D eigenvalue weighted by Gasteiger charge is -2.14. The van der Waals surface area contributed by atoms with Crippen LogP contribution in [0.2, 0.25) is 0 Å². The van der Waals surface area contributed by atoms with Crippen LogP contribution in [0.25, 0.3) is 0 Å². The second-order valence-corrected chi connectivity index (χ2v) is 5.61. The summed E-state index contributed by atoms with van der Waals surface area (Å²) in [4.78, 5) is 11.9. The predicted molar refractivity (Wildman–Crippen MR) is 80.4 cm³/mol. The Hall–Kier alpha value is -1.61. The molecule has 1 atom stereocenters. The normalized spacial score (nSPS) is 12.1. The fourth-order valence-electron chi connectivity index (χ4n) is 1.94. The highest BCUT2D eigenvalue weighted by Gasteiger charge is 2.09. The highest BCUT2D eigenvalue weighted by atomic mass is 32.1. The van der Waals surface area contributed by atoms with Crippen LogP contribution in [-0.2, 0) is 11.2 Å². The van der Waals surface area contributed by atoms with Crippen LogP contribution in [0.5, 0.6) is 0 Å². The van der Waals surface area contributed by atoms with Gasteiger partial charge in [-0.3, -0.25) is 4.79 Å². The van der Waals surface area contributed by atoms with Gasteiger partial charge in [0.05, 0.1) is 6.04 Å². The van der Waals surface area contributed by atoms with Crippen LogP contribution in [0.15, 0.2) is 41.1 Å². The first-order chi connectivity index (χ1) is 9.15. The molecule has 0 bridgehead atoms. The zero-order chi connectivity index (χ0) is 13.7. The van der Waals surface area contributed by atoms with Crippen molar-refractivity contribution in [3.63, 3.8) is 0 Å². The van der Waals surface area contributed by atoms with Crippen LogP contribution in [-0.4, -0.2) is 5.91 Å². The molecule has 0 aliphatic carbocycles. The fraction of sp³-hybridized carbons (Fsp3) is 0.312. The van der Waals surface area contributed by atoms with Crippen molar-refractivity contribution in [2.75, 3.05) is 0 Å². The lowest BCUT2D eigenvalue weighted by atomic mass is 10.1. The van der Waals surface area contributed by atoms with E-state index in [0.29, 0.717) is 6.42 Å². The van der Waals surface area contributed by atoms with Gasteiger partial charge in [0, 0.05) is 6.42 Å². The molecule has 1 amide bonds. The smallest absolute Gasteiger partial charge is 0.220 e. The summed E-state index contributed by atoms with van der Waals surface area (Å²) in [6.45, 7) is 4.08. The molecule has 0 radical (unpaired) electrons. The van der Waals surface area contributed by atoms with Crippen molar-refractivity contribution in [1.29, 1.82) is 0 Å². The SMILES string of the molecule is Cc1ccc(C(C)NC(=O)CCc2ccsc2)cc1. The van der Waals surface area contributed by atoms with Gasteiger partial charge in [-0.15, -0.1) is 0 Å². The molecule has 0 aliphatic rings. The van der Waals surface area contributed by atoms with Crippen molar-refractivity contribution < 1.29 is 4.79 Å². The van der Waals surface area contributed by atoms with Gasteiger partial charge >= 0.3 is 0 Å². The molecule has 2 nitrogen and oxygen atoms in total. The molecule has 0 spiro atoms. The molecule has 0 saturated heterocycles. The Labute approximate surface area is 118 Å². The van der Waals surface area contributed by atoms with Gasteiger partial charge in [0.25, 0.3) is 0 Å². The van der Waals surface area contributed by atoms with Crippen LogP contribution in [0.4, 0.5) is 0 Å². The summed E-state index contributed by atoms with van der Waals surface area (Å²) in [5, 5.41) is 7.18. The molecule has 3 heteroatoms. The molecule has 2 rings (SSSR count). The molecule has 0 saturated carbocycles.